The maximum atomic E-state index is 12.0. The van der Waals surface area contributed by atoms with Crippen molar-refractivity contribution in [3.8, 4) is 0 Å². The lowest BCUT2D eigenvalue weighted by atomic mass is 10.1. The van der Waals surface area contributed by atoms with Gasteiger partial charge in [0.25, 0.3) is 11.6 Å². The first kappa shape index (κ1) is 14.4. The lowest BCUT2D eigenvalue weighted by molar-refractivity contribution is -0.385. The van der Waals surface area contributed by atoms with Crippen molar-refractivity contribution in [2.45, 2.75) is 6.92 Å². The number of nitro groups is 1. The first-order chi connectivity index (χ1) is 9.47. The van der Waals surface area contributed by atoms with Crippen LogP contribution in [0.25, 0.3) is 0 Å². The number of hydrogen-bond acceptors (Lipinski definition) is 4. The monoisotopic (exact) mass is 383 g/mol. The van der Waals surface area contributed by atoms with Crippen molar-refractivity contribution < 1.29 is 9.72 Å². The lowest BCUT2D eigenvalue weighted by Gasteiger charge is -2.05. The van der Waals surface area contributed by atoms with Crippen LogP contribution in [-0.2, 0) is 0 Å². The second-order valence-corrected chi connectivity index (χ2v) is 5.32. The van der Waals surface area contributed by atoms with Gasteiger partial charge in [0.1, 0.15) is 5.82 Å². The number of pyridine rings is 1. The predicted molar refractivity (Wildman–Crippen MR) is 82.7 cm³/mol. The molecule has 0 spiro atoms. The van der Waals surface area contributed by atoms with Crippen molar-refractivity contribution in [3.05, 3.63) is 61.3 Å². The highest BCUT2D eigenvalue weighted by Gasteiger charge is 2.15. The molecule has 0 aliphatic heterocycles. The SMILES string of the molecule is Cc1ccc(C(=O)Nc2ccc(I)cn2)cc1[N+](=O)[O-]. The average molecular weight is 383 g/mol. The molecule has 1 aromatic heterocycles. The third kappa shape index (κ3) is 3.29. The molecule has 0 aliphatic carbocycles. The van der Waals surface area contributed by atoms with Crippen LogP contribution in [0.5, 0.6) is 0 Å². The molecule has 2 aromatic rings. The maximum Gasteiger partial charge on any atom is 0.273 e. The Labute approximate surface area is 128 Å². The highest BCUT2D eigenvalue weighted by molar-refractivity contribution is 14.1. The third-order valence-electron chi connectivity index (χ3n) is 2.64. The van der Waals surface area contributed by atoms with Gasteiger partial charge in [0.2, 0.25) is 0 Å². The summed E-state index contributed by atoms with van der Waals surface area (Å²) in [6.45, 7) is 1.63. The van der Waals surface area contributed by atoms with E-state index in [2.05, 4.69) is 32.9 Å². The molecule has 2 rings (SSSR count). The molecule has 1 amide bonds. The molecule has 0 saturated heterocycles. The Bertz CT molecular complexity index is 671. The molecule has 0 atom stereocenters. The van der Waals surface area contributed by atoms with E-state index in [9.17, 15) is 14.9 Å². The van der Waals surface area contributed by atoms with Crippen molar-refractivity contribution in [1.29, 1.82) is 0 Å². The highest BCUT2D eigenvalue weighted by atomic mass is 127. The minimum atomic E-state index is -0.505. The minimum Gasteiger partial charge on any atom is -0.307 e. The Kier molecular flexibility index (Phi) is 4.28. The van der Waals surface area contributed by atoms with E-state index in [0.717, 1.165) is 3.57 Å². The summed E-state index contributed by atoms with van der Waals surface area (Å²) in [7, 11) is 0. The molecule has 1 N–H and O–H groups in total. The van der Waals surface area contributed by atoms with Gasteiger partial charge in [0.15, 0.2) is 0 Å². The van der Waals surface area contributed by atoms with Gasteiger partial charge in [-0.15, -0.1) is 0 Å². The first-order valence-electron chi connectivity index (χ1n) is 5.65. The van der Waals surface area contributed by atoms with E-state index in [1.807, 2.05) is 0 Å². The van der Waals surface area contributed by atoms with Gasteiger partial charge in [-0.05, 0) is 47.7 Å². The van der Waals surface area contributed by atoms with E-state index >= 15 is 0 Å². The molecule has 7 heteroatoms. The van der Waals surface area contributed by atoms with Crippen LogP contribution in [0.1, 0.15) is 15.9 Å². The van der Waals surface area contributed by atoms with Gasteiger partial charge in [-0.1, -0.05) is 6.07 Å². The van der Waals surface area contributed by atoms with Crippen LogP contribution < -0.4 is 5.32 Å². The maximum absolute atomic E-state index is 12.0. The van der Waals surface area contributed by atoms with Crippen LogP contribution in [0.3, 0.4) is 0 Å². The Hall–Kier alpha value is -2.03. The van der Waals surface area contributed by atoms with Gasteiger partial charge in [-0.3, -0.25) is 14.9 Å². The van der Waals surface area contributed by atoms with Gasteiger partial charge in [0.05, 0.1) is 4.92 Å². The van der Waals surface area contributed by atoms with Crippen LogP contribution in [0.15, 0.2) is 36.5 Å². The van der Waals surface area contributed by atoms with Gasteiger partial charge >= 0.3 is 0 Å². The van der Waals surface area contributed by atoms with Crippen LogP contribution in [0, 0.1) is 20.6 Å². The topological polar surface area (TPSA) is 85.1 Å². The fourth-order valence-corrected chi connectivity index (χ4v) is 1.90. The number of amides is 1. The number of aromatic nitrogens is 1. The van der Waals surface area contributed by atoms with E-state index in [4.69, 9.17) is 0 Å². The van der Waals surface area contributed by atoms with Crippen LogP contribution in [-0.4, -0.2) is 15.8 Å². The summed E-state index contributed by atoms with van der Waals surface area (Å²) in [5.74, 6) is -0.0274. The highest BCUT2D eigenvalue weighted by Crippen LogP contribution is 2.20. The first-order valence-corrected chi connectivity index (χ1v) is 6.73. The van der Waals surface area contributed by atoms with E-state index in [0.29, 0.717) is 11.4 Å². The Balaban J connectivity index is 2.23. The molecule has 0 saturated carbocycles. The number of nitrogens with zero attached hydrogens (tertiary/aromatic N) is 2. The number of benzene rings is 1. The van der Waals surface area contributed by atoms with Gasteiger partial charge in [0, 0.05) is 27.0 Å². The zero-order chi connectivity index (χ0) is 14.7. The number of anilines is 1. The number of aryl methyl sites for hydroxylation is 1. The number of carbonyl (C=O) groups excluding carboxylic acids is 1. The smallest absolute Gasteiger partial charge is 0.273 e. The van der Waals surface area contributed by atoms with Gasteiger partial charge < -0.3 is 5.32 Å². The Morgan fingerprint density at radius 1 is 1.35 bits per heavy atom. The van der Waals surface area contributed by atoms with Crippen molar-refractivity contribution in [1.82, 2.24) is 4.98 Å². The van der Waals surface area contributed by atoms with E-state index in [1.54, 1.807) is 37.4 Å². The molecule has 6 nitrogen and oxygen atoms in total. The van der Waals surface area contributed by atoms with E-state index < -0.39 is 10.8 Å². The molecule has 20 heavy (non-hydrogen) atoms. The molecule has 1 heterocycles. The molecule has 0 aliphatic rings. The fraction of sp³-hybridized carbons (Fsp3) is 0.0769. The quantitative estimate of drug-likeness (QED) is 0.501. The standard InChI is InChI=1S/C13H10IN3O3/c1-8-2-3-9(6-11(8)17(19)20)13(18)16-12-5-4-10(14)7-15-12/h2-7H,1H3,(H,15,16,18). The average Bonchev–Trinajstić information content (AvgIpc) is 2.41. The zero-order valence-corrected chi connectivity index (χ0v) is 12.6. The fourth-order valence-electron chi connectivity index (χ4n) is 1.59. The number of nitro benzene ring substituents is 1. The molecule has 0 bridgehead atoms. The van der Waals surface area contributed by atoms with Crippen LogP contribution >= 0.6 is 22.6 Å². The summed E-state index contributed by atoms with van der Waals surface area (Å²) in [6.07, 6.45) is 1.62. The second kappa shape index (κ2) is 5.95. The van der Waals surface area contributed by atoms with Crippen molar-refractivity contribution >= 4 is 40.0 Å². The minimum absolute atomic E-state index is 0.0757. The van der Waals surface area contributed by atoms with E-state index in [-0.39, 0.29) is 11.3 Å². The number of hydrogen-bond donors (Lipinski definition) is 1. The van der Waals surface area contributed by atoms with Crippen molar-refractivity contribution in [2.75, 3.05) is 5.32 Å². The molecule has 0 unspecified atom stereocenters. The number of carbonyl (C=O) groups is 1. The summed E-state index contributed by atoms with van der Waals surface area (Å²) >= 11 is 2.11. The third-order valence-corrected chi connectivity index (χ3v) is 3.28. The molecule has 102 valence electrons. The molecular formula is C13H10IN3O3. The largest absolute Gasteiger partial charge is 0.307 e. The summed E-state index contributed by atoms with van der Waals surface area (Å²) in [4.78, 5) is 26.4. The van der Waals surface area contributed by atoms with Crippen molar-refractivity contribution in [2.24, 2.45) is 0 Å². The van der Waals surface area contributed by atoms with Crippen molar-refractivity contribution in [3.63, 3.8) is 0 Å². The Morgan fingerprint density at radius 2 is 2.10 bits per heavy atom. The second-order valence-electron chi connectivity index (χ2n) is 4.07. The van der Waals surface area contributed by atoms with Gasteiger partial charge in [-0.2, -0.15) is 0 Å². The molecular weight excluding hydrogens is 373 g/mol. The molecule has 1 aromatic carbocycles. The normalized spacial score (nSPS) is 10.1. The molecule has 0 radical (unpaired) electrons. The summed E-state index contributed by atoms with van der Waals surface area (Å²) in [5, 5.41) is 13.4. The molecule has 0 fully saturated rings. The van der Waals surface area contributed by atoms with Gasteiger partial charge in [-0.25, -0.2) is 4.98 Å². The lowest BCUT2D eigenvalue weighted by Crippen LogP contribution is -2.13. The zero-order valence-electron chi connectivity index (χ0n) is 10.5. The number of nitrogens with one attached hydrogen (secondary N) is 1. The predicted octanol–water partition coefficient (Wildman–Crippen LogP) is 3.16. The summed E-state index contributed by atoms with van der Waals surface area (Å²) in [5.41, 5.74) is 0.662. The Morgan fingerprint density at radius 3 is 2.70 bits per heavy atom. The number of rotatable bonds is 3. The van der Waals surface area contributed by atoms with E-state index in [1.165, 1.54) is 6.07 Å². The summed E-state index contributed by atoms with van der Waals surface area (Å²) in [6, 6.07) is 7.83. The number of halogens is 1. The van der Waals surface area contributed by atoms with Crippen LogP contribution in [0.2, 0.25) is 0 Å². The summed E-state index contributed by atoms with van der Waals surface area (Å²) < 4.78 is 0.951. The van der Waals surface area contributed by atoms with Crippen LogP contribution in [0.4, 0.5) is 11.5 Å².